The van der Waals surface area contributed by atoms with Crippen molar-refractivity contribution in [1.82, 2.24) is 10.2 Å². The molecule has 0 aliphatic rings. The Hall–Kier alpha value is -1.82. The van der Waals surface area contributed by atoms with Crippen LogP contribution in [0.2, 0.25) is 0 Å². The van der Waals surface area contributed by atoms with Crippen LogP contribution >= 0.6 is 0 Å². The Morgan fingerprint density at radius 3 is 2.42 bits per heavy atom. The molecule has 1 aromatic carbocycles. The normalized spacial score (nSPS) is 11.8. The van der Waals surface area contributed by atoms with Crippen molar-refractivity contribution in [3.8, 4) is 11.1 Å². The van der Waals surface area contributed by atoms with Gasteiger partial charge in [0.2, 0.25) is 0 Å². The molecule has 3 N–H and O–H groups in total. The van der Waals surface area contributed by atoms with E-state index >= 15 is 0 Å². The van der Waals surface area contributed by atoms with E-state index in [0.29, 0.717) is 12.1 Å². The molecule has 0 spiro atoms. The summed E-state index contributed by atoms with van der Waals surface area (Å²) >= 11 is 0. The number of nitrogens with zero attached hydrogens (tertiary/aromatic N) is 1. The third-order valence-corrected chi connectivity index (χ3v) is 2.87. The number of nitrogens with two attached hydrogens (primary N) is 1. The number of rotatable bonds is 4. The van der Waals surface area contributed by atoms with Gasteiger partial charge >= 0.3 is 6.18 Å². The average molecular weight is 269 g/mol. The van der Waals surface area contributed by atoms with Gasteiger partial charge in [-0.1, -0.05) is 12.1 Å². The zero-order valence-electron chi connectivity index (χ0n) is 10.2. The molecular formula is C13H14F3N3. The molecule has 0 fully saturated rings. The molecule has 2 rings (SSSR count). The molecule has 0 aliphatic heterocycles. The summed E-state index contributed by atoms with van der Waals surface area (Å²) in [5.74, 6) is 0. The lowest BCUT2D eigenvalue weighted by Crippen LogP contribution is -2.04. The van der Waals surface area contributed by atoms with Gasteiger partial charge in [-0.05, 0) is 37.1 Å². The Morgan fingerprint density at radius 1 is 1.16 bits per heavy atom. The second kappa shape index (κ2) is 5.44. The molecule has 1 heterocycles. The van der Waals surface area contributed by atoms with Gasteiger partial charge in [0, 0.05) is 11.3 Å². The van der Waals surface area contributed by atoms with Crippen LogP contribution in [0.1, 0.15) is 17.7 Å². The van der Waals surface area contributed by atoms with Crippen molar-refractivity contribution in [2.75, 3.05) is 6.54 Å². The maximum absolute atomic E-state index is 12.5. The number of alkyl halides is 3. The van der Waals surface area contributed by atoms with Gasteiger partial charge in [0.1, 0.15) is 0 Å². The van der Waals surface area contributed by atoms with Crippen molar-refractivity contribution in [3.63, 3.8) is 0 Å². The topological polar surface area (TPSA) is 54.7 Å². The Kier molecular flexibility index (Phi) is 3.90. The number of aromatic nitrogens is 2. The number of aryl methyl sites for hydroxylation is 1. The molecule has 0 unspecified atom stereocenters. The minimum atomic E-state index is -4.31. The van der Waals surface area contributed by atoms with E-state index in [1.54, 1.807) is 6.20 Å². The first-order valence-electron chi connectivity index (χ1n) is 5.92. The Morgan fingerprint density at radius 2 is 1.84 bits per heavy atom. The van der Waals surface area contributed by atoms with Crippen LogP contribution in [0, 0.1) is 0 Å². The monoisotopic (exact) mass is 269 g/mol. The first-order chi connectivity index (χ1) is 9.02. The largest absolute Gasteiger partial charge is 0.416 e. The average Bonchev–Trinajstić information content (AvgIpc) is 2.83. The fourth-order valence-electron chi connectivity index (χ4n) is 1.87. The summed E-state index contributed by atoms with van der Waals surface area (Å²) in [5, 5.41) is 6.79. The summed E-state index contributed by atoms with van der Waals surface area (Å²) in [5.41, 5.74) is 7.22. The van der Waals surface area contributed by atoms with Crippen molar-refractivity contribution in [2.45, 2.75) is 19.0 Å². The predicted molar refractivity (Wildman–Crippen MR) is 66.4 cm³/mol. The number of benzene rings is 1. The molecule has 3 nitrogen and oxygen atoms in total. The molecule has 0 amide bonds. The van der Waals surface area contributed by atoms with Gasteiger partial charge < -0.3 is 5.73 Å². The Balaban J connectivity index is 2.25. The highest BCUT2D eigenvalue weighted by Crippen LogP contribution is 2.31. The number of hydrogen-bond donors (Lipinski definition) is 2. The van der Waals surface area contributed by atoms with Gasteiger partial charge in [-0.3, -0.25) is 5.10 Å². The summed E-state index contributed by atoms with van der Waals surface area (Å²) in [6.45, 7) is 0.561. The van der Waals surface area contributed by atoms with E-state index in [-0.39, 0.29) is 0 Å². The fraction of sp³-hybridized carbons (Fsp3) is 0.308. The number of hydrogen-bond acceptors (Lipinski definition) is 2. The van der Waals surface area contributed by atoms with E-state index in [4.69, 9.17) is 5.73 Å². The highest BCUT2D eigenvalue weighted by atomic mass is 19.4. The van der Waals surface area contributed by atoms with E-state index < -0.39 is 11.7 Å². The van der Waals surface area contributed by atoms with E-state index in [1.165, 1.54) is 12.1 Å². The first kappa shape index (κ1) is 13.6. The molecule has 102 valence electrons. The molecule has 0 saturated heterocycles. The zero-order chi connectivity index (χ0) is 13.9. The summed E-state index contributed by atoms with van der Waals surface area (Å²) in [4.78, 5) is 0. The van der Waals surface area contributed by atoms with Crippen LogP contribution in [-0.2, 0) is 12.6 Å². The quantitative estimate of drug-likeness (QED) is 0.896. The molecule has 2 aromatic rings. The molecule has 0 saturated carbocycles. The van der Waals surface area contributed by atoms with Gasteiger partial charge in [-0.2, -0.15) is 18.3 Å². The smallest absolute Gasteiger partial charge is 0.330 e. The van der Waals surface area contributed by atoms with Crippen molar-refractivity contribution in [1.29, 1.82) is 0 Å². The van der Waals surface area contributed by atoms with Crippen molar-refractivity contribution in [2.24, 2.45) is 5.73 Å². The van der Waals surface area contributed by atoms with Crippen LogP contribution in [0.15, 0.2) is 30.5 Å². The maximum Gasteiger partial charge on any atom is 0.416 e. The minimum absolute atomic E-state index is 0.561. The van der Waals surface area contributed by atoms with E-state index in [0.717, 1.165) is 36.2 Å². The Labute approximate surface area is 108 Å². The lowest BCUT2D eigenvalue weighted by Gasteiger charge is -2.08. The van der Waals surface area contributed by atoms with Crippen LogP contribution in [-0.4, -0.2) is 16.7 Å². The molecule has 0 bridgehead atoms. The first-order valence-corrected chi connectivity index (χ1v) is 5.92. The minimum Gasteiger partial charge on any atom is -0.330 e. The molecule has 6 heteroatoms. The lowest BCUT2D eigenvalue weighted by atomic mass is 10.0. The maximum atomic E-state index is 12.5. The van der Waals surface area contributed by atoms with E-state index in [2.05, 4.69) is 10.2 Å². The van der Waals surface area contributed by atoms with Crippen LogP contribution in [0.3, 0.4) is 0 Å². The van der Waals surface area contributed by atoms with Crippen molar-refractivity contribution < 1.29 is 13.2 Å². The van der Waals surface area contributed by atoms with Crippen molar-refractivity contribution in [3.05, 3.63) is 41.7 Å². The molecular weight excluding hydrogens is 255 g/mol. The van der Waals surface area contributed by atoms with Crippen molar-refractivity contribution >= 4 is 0 Å². The third kappa shape index (κ3) is 3.14. The molecule has 19 heavy (non-hydrogen) atoms. The lowest BCUT2D eigenvalue weighted by molar-refractivity contribution is -0.137. The van der Waals surface area contributed by atoms with Gasteiger partial charge in [-0.15, -0.1) is 0 Å². The second-order valence-electron chi connectivity index (χ2n) is 4.23. The number of nitrogens with one attached hydrogen (secondary N) is 1. The zero-order valence-corrected chi connectivity index (χ0v) is 10.2. The summed E-state index contributed by atoms with van der Waals surface area (Å²) in [7, 11) is 0. The molecule has 1 aromatic heterocycles. The summed E-state index contributed by atoms with van der Waals surface area (Å²) in [6, 6.07) is 5.07. The summed E-state index contributed by atoms with van der Waals surface area (Å²) in [6.07, 6.45) is -1.16. The van der Waals surface area contributed by atoms with Crippen LogP contribution in [0.5, 0.6) is 0 Å². The molecule has 0 aliphatic carbocycles. The van der Waals surface area contributed by atoms with E-state index in [9.17, 15) is 13.2 Å². The number of H-pyrrole nitrogens is 1. The molecule has 0 radical (unpaired) electrons. The summed E-state index contributed by atoms with van der Waals surface area (Å²) < 4.78 is 37.4. The Bertz CT molecular complexity index is 529. The fourth-order valence-corrected chi connectivity index (χ4v) is 1.87. The highest BCUT2D eigenvalue weighted by molar-refractivity contribution is 5.65. The standard InChI is InChI=1S/C13H14F3N3/c14-13(15,16)10-5-3-9(4-6-10)11-8-18-19-12(11)2-1-7-17/h3-6,8H,1-2,7,17H2,(H,18,19). The second-order valence-corrected chi connectivity index (χ2v) is 4.23. The van der Waals surface area contributed by atoms with Gasteiger partial charge in [0.25, 0.3) is 0 Å². The molecule has 0 atom stereocenters. The third-order valence-electron chi connectivity index (χ3n) is 2.87. The van der Waals surface area contributed by atoms with Gasteiger partial charge in [-0.25, -0.2) is 0 Å². The number of aromatic amines is 1. The predicted octanol–water partition coefficient (Wildman–Crippen LogP) is 2.99. The van der Waals surface area contributed by atoms with Crippen LogP contribution in [0.4, 0.5) is 13.2 Å². The SMILES string of the molecule is NCCCc1[nH]ncc1-c1ccc(C(F)(F)F)cc1. The van der Waals surface area contributed by atoms with Gasteiger partial charge in [0.15, 0.2) is 0 Å². The van der Waals surface area contributed by atoms with Crippen LogP contribution in [0.25, 0.3) is 11.1 Å². The number of halogens is 3. The van der Waals surface area contributed by atoms with E-state index in [1.807, 2.05) is 0 Å². The highest BCUT2D eigenvalue weighted by Gasteiger charge is 2.30. The van der Waals surface area contributed by atoms with Crippen LogP contribution < -0.4 is 5.73 Å². The van der Waals surface area contributed by atoms with Gasteiger partial charge in [0.05, 0.1) is 11.8 Å².